The van der Waals surface area contributed by atoms with Crippen molar-refractivity contribution in [3.63, 3.8) is 0 Å². The number of aromatic nitrogens is 2. The number of methoxy groups -OCH3 is 1. The van der Waals surface area contributed by atoms with Gasteiger partial charge in [0.25, 0.3) is 0 Å². The second kappa shape index (κ2) is 6.25. The number of amides is 1. The van der Waals surface area contributed by atoms with Gasteiger partial charge in [-0.3, -0.25) is 5.32 Å². The first kappa shape index (κ1) is 15.3. The van der Waals surface area contributed by atoms with Crippen LogP contribution in [0.25, 0.3) is 11.0 Å². The standard InChI is InChI=1S/C15H11F2N3O2S/c1-22-15(21)20-14-18-12-5-3-9(7-13(12)19-14)23-8-2-4-10(16)11(17)6-8/h2-7H,1H3,(H2,18,19,20,21). The summed E-state index contributed by atoms with van der Waals surface area (Å²) in [5.41, 5.74) is 1.36. The summed E-state index contributed by atoms with van der Waals surface area (Å²) in [5.74, 6) is -1.50. The topological polar surface area (TPSA) is 67.0 Å². The summed E-state index contributed by atoms with van der Waals surface area (Å²) in [6, 6.07) is 9.10. The molecule has 0 unspecified atom stereocenters. The molecule has 0 spiro atoms. The van der Waals surface area contributed by atoms with E-state index in [2.05, 4.69) is 20.0 Å². The Morgan fingerprint density at radius 1 is 1.17 bits per heavy atom. The predicted molar refractivity (Wildman–Crippen MR) is 82.6 cm³/mol. The molecule has 0 radical (unpaired) electrons. The Hall–Kier alpha value is -2.61. The number of carbonyl (C=O) groups is 1. The van der Waals surface area contributed by atoms with E-state index in [4.69, 9.17) is 0 Å². The SMILES string of the molecule is COC(=O)Nc1nc2ccc(Sc3ccc(F)c(F)c3)cc2[nH]1. The maximum absolute atomic E-state index is 13.2. The molecule has 23 heavy (non-hydrogen) atoms. The molecule has 0 aliphatic carbocycles. The second-order valence-corrected chi connectivity index (χ2v) is 5.71. The van der Waals surface area contributed by atoms with Gasteiger partial charge in [-0.1, -0.05) is 11.8 Å². The average Bonchev–Trinajstić information content (AvgIpc) is 2.92. The zero-order valence-electron chi connectivity index (χ0n) is 11.9. The van der Waals surface area contributed by atoms with Gasteiger partial charge in [-0.25, -0.2) is 18.6 Å². The van der Waals surface area contributed by atoms with Gasteiger partial charge in [0.1, 0.15) is 0 Å². The molecule has 3 rings (SSSR count). The average molecular weight is 335 g/mol. The minimum absolute atomic E-state index is 0.266. The number of benzene rings is 2. The molecular weight excluding hydrogens is 324 g/mol. The first-order valence-electron chi connectivity index (χ1n) is 6.53. The fraction of sp³-hybridized carbons (Fsp3) is 0.0667. The van der Waals surface area contributed by atoms with Crippen molar-refractivity contribution in [2.24, 2.45) is 0 Å². The summed E-state index contributed by atoms with van der Waals surface area (Å²) in [6.45, 7) is 0. The highest BCUT2D eigenvalue weighted by Crippen LogP contribution is 2.30. The van der Waals surface area contributed by atoms with E-state index in [1.807, 2.05) is 0 Å². The lowest BCUT2D eigenvalue weighted by Crippen LogP contribution is -2.11. The number of H-pyrrole nitrogens is 1. The van der Waals surface area contributed by atoms with Gasteiger partial charge in [0.15, 0.2) is 11.6 Å². The lowest BCUT2D eigenvalue weighted by atomic mass is 10.3. The number of carbonyl (C=O) groups excluding carboxylic acids is 1. The van der Waals surface area contributed by atoms with E-state index in [-0.39, 0.29) is 5.95 Å². The number of halogens is 2. The Balaban J connectivity index is 1.84. The number of nitrogens with zero attached hydrogens (tertiary/aromatic N) is 1. The van der Waals surface area contributed by atoms with Gasteiger partial charge in [-0.2, -0.15) is 0 Å². The highest BCUT2D eigenvalue weighted by molar-refractivity contribution is 7.99. The molecule has 5 nitrogen and oxygen atoms in total. The normalized spacial score (nSPS) is 10.7. The van der Waals surface area contributed by atoms with Crippen molar-refractivity contribution in [3.8, 4) is 0 Å². The monoisotopic (exact) mass is 335 g/mol. The van der Waals surface area contributed by atoms with Crippen LogP contribution in [0.2, 0.25) is 0 Å². The summed E-state index contributed by atoms with van der Waals surface area (Å²) in [4.78, 5) is 19.7. The van der Waals surface area contributed by atoms with Gasteiger partial charge in [-0.05, 0) is 36.4 Å². The summed E-state index contributed by atoms with van der Waals surface area (Å²) in [7, 11) is 1.26. The van der Waals surface area contributed by atoms with Crippen LogP contribution in [0, 0.1) is 11.6 Å². The molecular formula is C15H11F2N3O2S. The van der Waals surface area contributed by atoms with Crippen molar-refractivity contribution in [3.05, 3.63) is 48.0 Å². The number of nitrogens with one attached hydrogen (secondary N) is 2. The number of hydrogen-bond acceptors (Lipinski definition) is 4. The molecule has 0 bridgehead atoms. The van der Waals surface area contributed by atoms with Crippen molar-refractivity contribution in [2.45, 2.75) is 9.79 Å². The molecule has 0 saturated heterocycles. The number of fused-ring (bicyclic) bond motifs is 1. The molecule has 0 aliphatic rings. The lowest BCUT2D eigenvalue weighted by molar-refractivity contribution is 0.186. The van der Waals surface area contributed by atoms with E-state index < -0.39 is 17.7 Å². The first-order valence-corrected chi connectivity index (χ1v) is 7.34. The van der Waals surface area contributed by atoms with Gasteiger partial charge in [0.05, 0.1) is 18.1 Å². The van der Waals surface area contributed by atoms with E-state index in [1.165, 1.54) is 24.9 Å². The van der Waals surface area contributed by atoms with Crippen molar-refractivity contribution < 1.29 is 18.3 Å². The molecule has 3 aromatic rings. The molecule has 118 valence electrons. The third-order valence-corrected chi connectivity index (χ3v) is 3.97. The Morgan fingerprint density at radius 2 is 1.91 bits per heavy atom. The van der Waals surface area contributed by atoms with Crippen LogP contribution in [-0.2, 0) is 4.74 Å². The Morgan fingerprint density at radius 3 is 2.65 bits per heavy atom. The molecule has 1 aromatic heterocycles. The van der Waals surface area contributed by atoms with E-state index in [0.29, 0.717) is 15.9 Å². The summed E-state index contributed by atoms with van der Waals surface area (Å²) in [5, 5.41) is 2.44. The van der Waals surface area contributed by atoms with Crippen molar-refractivity contribution >= 4 is 34.8 Å². The molecule has 1 amide bonds. The first-order chi connectivity index (χ1) is 11.0. The van der Waals surface area contributed by atoms with Crippen molar-refractivity contribution in [1.29, 1.82) is 0 Å². The largest absolute Gasteiger partial charge is 0.453 e. The summed E-state index contributed by atoms with van der Waals surface area (Å²) in [6.07, 6.45) is -0.625. The van der Waals surface area contributed by atoms with Crippen molar-refractivity contribution in [1.82, 2.24) is 9.97 Å². The maximum atomic E-state index is 13.2. The fourth-order valence-electron chi connectivity index (χ4n) is 1.94. The molecule has 0 aliphatic heterocycles. The molecule has 0 fully saturated rings. The molecule has 1 heterocycles. The highest BCUT2D eigenvalue weighted by Gasteiger charge is 2.09. The van der Waals surface area contributed by atoms with Crippen LogP contribution in [-0.4, -0.2) is 23.2 Å². The van der Waals surface area contributed by atoms with Crippen LogP contribution in [0.4, 0.5) is 19.5 Å². The fourth-order valence-corrected chi connectivity index (χ4v) is 2.82. The number of aromatic amines is 1. The smallest absolute Gasteiger partial charge is 0.413 e. The minimum atomic E-state index is -0.887. The van der Waals surface area contributed by atoms with Crippen molar-refractivity contribution in [2.75, 3.05) is 12.4 Å². The molecule has 2 aromatic carbocycles. The van der Waals surface area contributed by atoms with Crippen LogP contribution in [0.5, 0.6) is 0 Å². The third kappa shape index (κ3) is 3.42. The van der Waals surface area contributed by atoms with Gasteiger partial charge in [0.2, 0.25) is 5.95 Å². The number of rotatable bonds is 3. The lowest BCUT2D eigenvalue weighted by Gasteiger charge is -2.02. The van der Waals surface area contributed by atoms with Crippen LogP contribution >= 0.6 is 11.8 Å². The summed E-state index contributed by atoms with van der Waals surface area (Å²) < 4.78 is 30.7. The van der Waals surface area contributed by atoms with Crippen LogP contribution in [0.1, 0.15) is 0 Å². The van der Waals surface area contributed by atoms with E-state index in [9.17, 15) is 13.6 Å². The highest BCUT2D eigenvalue weighted by atomic mass is 32.2. The Kier molecular flexibility index (Phi) is 4.16. The number of ether oxygens (including phenoxy) is 1. The second-order valence-electron chi connectivity index (χ2n) is 4.56. The van der Waals surface area contributed by atoms with Gasteiger partial charge < -0.3 is 9.72 Å². The zero-order valence-corrected chi connectivity index (χ0v) is 12.7. The molecule has 2 N–H and O–H groups in total. The predicted octanol–water partition coefficient (Wildman–Crippen LogP) is 4.17. The number of anilines is 1. The maximum Gasteiger partial charge on any atom is 0.413 e. The van der Waals surface area contributed by atoms with Gasteiger partial charge >= 0.3 is 6.09 Å². The number of hydrogen-bond donors (Lipinski definition) is 2. The van der Waals surface area contributed by atoms with Gasteiger partial charge in [0, 0.05) is 9.79 Å². The number of imidazole rings is 1. The molecule has 0 saturated carbocycles. The van der Waals surface area contributed by atoms with E-state index >= 15 is 0 Å². The third-order valence-electron chi connectivity index (χ3n) is 2.99. The summed E-state index contributed by atoms with van der Waals surface area (Å²) >= 11 is 1.29. The Labute approximate surface area is 134 Å². The molecule has 0 atom stereocenters. The van der Waals surface area contributed by atoms with Gasteiger partial charge in [-0.15, -0.1) is 0 Å². The minimum Gasteiger partial charge on any atom is -0.453 e. The zero-order chi connectivity index (χ0) is 16.4. The van der Waals surface area contributed by atoms with E-state index in [0.717, 1.165) is 17.0 Å². The van der Waals surface area contributed by atoms with Crippen LogP contribution in [0.3, 0.4) is 0 Å². The quantitative estimate of drug-likeness (QED) is 0.754. The van der Waals surface area contributed by atoms with Crippen LogP contribution in [0.15, 0.2) is 46.2 Å². The van der Waals surface area contributed by atoms with E-state index in [1.54, 1.807) is 18.2 Å². The Bertz CT molecular complexity index is 882. The van der Waals surface area contributed by atoms with Crippen LogP contribution < -0.4 is 5.32 Å². The molecule has 8 heteroatoms.